The Kier molecular flexibility index (Phi) is 4.59. The first-order valence-electron chi connectivity index (χ1n) is 4.41. The van der Waals surface area contributed by atoms with Crippen LogP contribution in [0.3, 0.4) is 0 Å². The number of oxime groups is 1. The molecule has 5 nitrogen and oxygen atoms in total. The molecule has 0 saturated heterocycles. The van der Waals surface area contributed by atoms with E-state index in [1.807, 2.05) is 30.3 Å². The first-order valence-corrected chi connectivity index (χ1v) is 4.41. The van der Waals surface area contributed by atoms with Gasteiger partial charge < -0.3 is 20.0 Å². The molecular weight excluding hydrogens is 196 g/mol. The van der Waals surface area contributed by atoms with E-state index in [9.17, 15) is 0 Å². The lowest BCUT2D eigenvalue weighted by Crippen LogP contribution is -2.38. The first kappa shape index (κ1) is 11.5. The zero-order valence-electron chi connectivity index (χ0n) is 8.68. The average Bonchev–Trinajstić information content (AvgIpc) is 2.32. The largest absolute Gasteiger partial charge is 0.409 e. The molecule has 0 bridgehead atoms. The van der Waals surface area contributed by atoms with Gasteiger partial charge in [0, 0.05) is 19.8 Å². The molecule has 0 aliphatic heterocycles. The molecule has 1 aromatic carbocycles. The molecule has 1 rings (SSSR count). The number of nitrogens with one attached hydrogen (secondary N) is 1. The normalized spacial score (nSPS) is 11.8. The molecule has 0 aromatic heterocycles. The number of benzene rings is 1. The van der Waals surface area contributed by atoms with Gasteiger partial charge in [0.2, 0.25) is 6.41 Å². The third-order valence-corrected chi connectivity index (χ3v) is 1.83. The van der Waals surface area contributed by atoms with E-state index in [0.717, 1.165) is 5.56 Å². The minimum atomic E-state index is -0.642. The highest BCUT2D eigenvalue weighted by molar-refractivity contribution is 5.98. The molecule has 5 heteroatoms. The van der Waals surface area contributed by atoms with Crippen molar-refractivity contribution in [2.45, 2.75) is 6.41 Å². The van der Waals surface area contributed by atoms with Gasteiger partial charge in [-0.2, -0.15) is 0 Å². The van der Waals surface area contributed by atoms with Crippen LogP contribution in [0.1, 0.15) is 5.56 Å². The third kappa shape index (κ3) is 3.23. The standard InChI is InChI=1S/C10H14N2O3/c1-14-10(15-2)11-9(12-13)8-6-4-3-5-7-8/h3-7,10,13H,1-2H3,(H,11,12). The summed E-state index contributed by atoms with van der Waals surface area (Å²) in [7, 11) is 2.97. The summed E-state index contributed by atoms with van der Waals surface area (Å²) in [5.41, 5.74) is 0.749. The molecule has 0 heterocycles. The van der Waals surface area contributed by atoms with Gasteiger partial charge in [0.25, 0.3) is 0 Å². The topological polar surface area (TPSA) is 63.1 Å². The molecule has 0 amide bonds. The lowest BCUT2D eigenvalue weighted by Gasteiger charge is -2.16. The molecule has 0 aliphatic rings. The lowest BCUT2D eigenvalue weighted by atomic mass is 10.2. The number of amidine groups is 1. The van der Waals surface area contributed by atoms with E-state index in [0.29, 0.717) is 5.84 Å². The molecular formula is C10H14N2O3. The Hall–Kier alpha value is -1.59. The number of hydrogen-bond donors (Lipinski definition) is 2. The van der Waals surface area contributed by atoms with Crippen LogP contribution in [0.5, 0.6) is 0 Å². The fraction of sp³-hybridized carbons (Fsp3) is 0.300. The highest BCUT2D eigenvalue weighted by atomic mass is 16.7. The number of hydrogen-bond acceptors (Lipinski definition) is 4. The van der Waals surface area contributed by atoms with Crippen LogP contribution in [0.2, 0.25) is 0 Å². The molecule has 1 aromatic rings. The van der Waals surface area contributed by atoms with E-state index in [2.05, 4.69) is 10.5 Å². The van der Waals surface area contributed by atoms with Gasteiger partial charge in [-0.3, -0.25) is 0 Å². The average molecular weight is 210 g/mol. The van der Waals surface area contributed by atoms with Crippen LogP contribution >= 0.6 is 0 Å². The van der Waals surface area contributed by atoms with Crippen molar-refractivity contribution in [1.82, 2.24) is 5.32 Å². The van der Waals surface area contributed by atoms with Crippen LogP contribution in [-0.4, -0.2) is 31.7 Å². The molecule has 0 aliphatic carbocycles. The van der Waals surface area contributed by atoms with Crippen molar-refractivity contribution in [2.75, 3.05) is 14.2 Å². The maximum absolute atomic E-state index is 8.83. The van der Waals surface area contributed by atoms with Crippen LogP contribution < -0.4 is 5.32 Å². The predicted octanol–water partition coefficient (Wildman–Crippen LogP) is 0.988. The van der Waals surface area contributed by atoms with Crippen molar-refractivity contribution >= 4 is 5.84 Å². The zero-order valence-corrected chi connectivity index (χ0v) is 8.68. The molecule has 0 fully saturated rings. The number of methoxy groups -OCH3 is 2. The summed E-state index contributed by atoms with van der Waals surface area (Å²) in [6.07, 6.45) is -0.642. The highest BCUT2D eigenvalue weighted by Crippen LogP contribution is 2.00. The fourth-order valence-corrected chi connectivity index (χ4v) is 1.09. The maximum Gasteiger partial charge on any atom is 0.238 e. The van der Waals surface area contributed by atoms with Crippen molar-refractivity contribution in [3.63, 3.8) is 0 Å². The van der Waals surface area contributed by atoms with Crippen LogP contribution in [0.4, 0.5) is 0 Å². The maximum atomic E-state index is 8.83. The molecule has 82 valence electrons. The summed E-state index contributed by atoms with van der Waals surface area (Å²) in [6.45, 7) is 0. The Morgan fingerprint density at radius 3 is 2.33 bits per heavy atom. The van der Waals surface area contributed by atoms with E-state index in [1.54, 1.807) is 0 Å². The van der Waals surface area contributed by atoms with E-state index in [1.165, 1.54) is 14.2 Å². The van der Waals surface area contributed by atoms with E-state index >= 15 is 0 Å². The molecule has 0 atom stereocenters. The van der Waals surface area contributed by atoms with E-state index in [4.69, 9.17) is 14.7 Å². The Morgan fingerprint density at radius 1 is 1.27 bits per heavy atom. The molecule has 0 radical (unpaired) electrons. The number of nitrogens with zero attached hydrogens (tertiary/aromatic N) is 1. The number of ether oxygens (including phenoxy) is 2. The van der Waals surface area contributed by atoms with Crippen LogP contribution in [0.15, 0.2) is 35.5 Å². The van der Waals surface area contributed by atoms with Crippen LogP contribution in [-0.2, 0) is 9.47 Å². The summed E-state index contributed by atoms with van der Waals surface area (Å²) in [6, 6.07) is 9.19. The van der Waals surface area contributed by atoms with Crippen molar-refractivity contribution in [1.29, 1.82) is 0 Å². The van der Waals surface area contributed by atoms with Gasteiger partial charge in [-0.05, 0) is 0 Å². The minimum Gasteiger partial charge on any atom is -0.409 e. The van der Waals surface area contributed by atoms with E-state index < -0.39 is 6.41 Å². The second-order valence-corrected chi connectivity index (χ2v) is 2.76. The fourth-order valence-electron chi connectivity index (χ4n) is 1.09. The van der Waals surface area contributed by atoms with Crippen molar-refractivity contribution < 1.29 is 14.7 Å². The van der Waals surface area contributed by atoms with Gasteiger partial charge in [0.1, 0.15) is 0 Å². The summed E-state index contributed by atoms with van der Waals surface area (Å²) in [5, 5.41) is 14.7. The molecule has 0 saturated carbocycles. The van der Waals surface area contributed by atoms with Crippen molar-refractivity contribution in [3.8, 4) is 0 Å². The quantitative estimate of drug-likeness (QED) is 0.256. The van der Waals surface area contributed by atoms with Crippen LogP contribution in [0, 0.1) is 0 Å². The first-order chi connectivity index (χ1) is 7.31. The van der Waals surface area contributed by atoms with Crippen LogP contribution in [0.25, 0.3) is 0 Å². The third-order valence-electron chi connectivity index (χ3n) is 1.83. The van der Waals surface area contributed by atoms with Gasteiger partial charge >= 0.3 is 0 Å². The van der Waals surface area contributed by atoms with Gasteiger partial charge in [-0.15, -0.1) is 0 Å². The van der Waals surface area contributed by atoms with Gasteiger partial charge in [0.05, 0.1) is 0 Å². The van der Waals surface area contributed by atoms with Crippen molar-refractivity contribution in [2.24, 2.45) is 5.16 Å². The van der Waals surface area contributed by atoms with Gasteiger partial charge in [-0.25, -0.2) is 0 Å². The highest BCUT2D eigenvalue weighted by Gasteiger charge is 2.09. The second-order valence-electron chi connectivity index (χ2n) is 2.76. The Balaban J connectivity index is 2.74. The van der Waals surface area contributed by atoms with E-state index in [-0.39, 0.29) is 0 Å². The summed E-state index contributed by atoms with van der Waals surface area (Å²) in [4.78, 5) is 0. The monoisotopic (exact) mass is 210 g/mol. The molecule has 0 unspecified atom stereocenters. The Morgan fingerprint density at radius 2 is 1.87 bits per heavy atom. The molecule has 2 N–H and O–H groups in total. The Bertz CT molecular complexity index is 310. The molecule has 0 spiro atoms. The van der Waals surface area contributed by atoms with Crippen molar-refractivity contribution in [3.05, 3.63) is 35.9 Å². The molecule has 15 heavy (non-hydrogen) atoms. The smallest absolute Gasteiger partial charge is 0.238 e. The number of rotatable bonds is 4. The summed E-state index contributed by atoms with van der Waals surface area (Å²) in [5.74, 6) is 0.296. The predicted molar refractivity (Wildman–Crippen MR) is 55.7 cm³/mol. The summed E-state index contributed by atoms with van der Waals surface area (Å²) < 4.78 is 9.86. The minimum absolute atomic E-state index is 0.296. The SMILES string of the molecule is COC(NC(=NO)c1ccccc1)OC. The Labute approximate surface area is 88.3 Å². The second kappa shape index (κ2) is 6.00. The van der Waals surface area contributed by atoms with Gasteiger partial charge in [-0.1, -0.05) is 35.5 Å². The van der Waals surface area contributed by atoms with Gasteiger partial charge in [0.15, 0.2) is 5.84 Å². The lowest BCUT2D eigenvalue weighted by molar-refractivity contribution is -0.111. The zero-order chi connectivity index (χ0) is 11.1. The summed E-state index contributed by atoms with van der Waals surface area (Å²) >= 11 is 0.